The van der Waals surface area contributed by atoms with Gasteiger partial charge in [-0.15, -0.1) is 0 Å². The third-order valence-corrected chi connectivity index (χ3v) is 4.41. The highest BCUT2D eigenvalue weighted by molar-refractivity contribution is 5.76. The lowest BCUT2D eigenvalue weighted by atomic mass is 9.94. The quantitative estimate of drug-likeness (QED) is 0.592. The van der Waals surface area contributed by atoms with E-state index in [9.17, 15) is 4.79 Å². The summed E-state index contributed by atoms with van der Waals surface area (Å²) >= 11 is 0. The summed E-state index contributed by atoms with van der Waals surface area (Å²) in [5, 5.41) is 0. The van der Waals surface area contributed by atoms with E-state index in [2.05, 4.69) is 27.7 Å². The van der Waals surface area contributed by atoms with Crippen LogP contribution >= 0.6 is 0 Å². The van der Waals surface area contributed by atoms with E-state index in [-0.39, 0.29) is 0 Å². The van der Waals surface area contributed by atoms with Gasteiger partial charge in [-0.1, -0.05) is 46.5 Å². The van der Waals surface area contributed by atoms with Gasteiger partial charge in [-0.2, -0.15) is 0 Å². The molecule has 0 radical (unpaired) electrons. The molecule has 0 spiro atoms. The van der Waals surface area contributed by atoms with Crippen molar-refractivity contribution in [3.63, 3.8) is 0 Å². The van der Waals surface area contributed by atoms with Gasteiger partial charge in [-0.3, -0.25) is 4.79 Å². The van der Waals surface area contributed by atoms with Crippen LogP contribution in [-0.4, -0.2) is 30.4 Å². The van der Waals surface area contributed by atoms with Crippen LogP contribution in [0.3, 0.4) is 0 Å². The molecule has 1 amide bonds. The standard InChI is InChI=1S/C17H36N2O/c1-5-9-16(12-13-18)10-11-17(20)19(8-4)14-15(6-2)7-3/h15-16H,5-14,18H2,1-4H3. The second-order valence-electron chi connectivity index (χ2n) is 5.89. The zero-order valence-electron chi connectivity index (χ0n) is 14.2. The zero-order chi connectivity index (χ0) is 15.4. The van der Waals surface area contributed by atoms with Gasteiger partial charge in [0.1, 0.15) is 0 Å². The van der Waals surface area contributed by atoms with Gasteiger partial charge >= 0.3 is 0 Å². The van der Waals surface area contributed by atoms with Crippen LogP contribution in [0.1, 0.15) is 72.6 Å². The van der Waals surface area contributed by atoms with E-state index < -0.39 is 0 Å². The topological polar surface area (TPSA) is 46.3 Å². The molecule has 0 heterocycles. The van der Waals surface area contributed by atoms with Crippen LogP contribution in [0.5, 0.6) is 0 Å². The number of carbonyl (C=O) groups excluding carboxylic acids is 1. The summed E-state index contributed by atoms with van der Waals surface area (Å²) in [6, 6.07) is 0. The van der Waals surface area contributed by atoms with Gasteiger partial charge in [0.25, 0.3) is 0 Å². The summed E-state index contributed by atoms with van der Waals surface area (Å²) in [5.74, 6) is 1.60. The van der Waals surface area contributed by atoms with Crippen molar-refractivity contribution in [3.05, 3.63) is 0 Å². The van der Waals surface area contributed by atoms with Crippen LogP contribution in [0.2, 0.25) is 0 Å². The van der Waals surface area contributed by atoms with E-state index in [0.29, 0.717) is 24.2 Å². The lowest BCUT2D eigenvalue weighted by Crippen LogP contribution is -2.35. The summed E-state index contributed by atoms with van der Waals surface area (Å²) in [4.78, 5) is 14.4. The molecule has 0 rings (SSSR count). The first-order valence-electron chi connectivity index (χ1n) is 8.60. The number of rotatable bonds is 12. The van der Waals surface area contributed by atoms with Gasteiger partial charge in [0, 0.05) is 19.5 Å². The molecule has 0 aliphatic heterocycles. The van der Waals surface area contributed by atoms with Crippen molar-refractivity contribution in [2.75, 3.05) is 19.6 Å². The third-order valence-electron chi connectivity index (χ3n) is 4.41. The van der Waals surface area contributed by atoms with Crippen LogP contribution in [0.15, 0.2) is 0 Å². The molecule has 0 aliphatic carbocycles. The Hall–Kier alpha value is -0.570. The molecule has 0 aromatic heterocycles. The Morgan fingerprint density at radius 3 is 2.10 bits per heavy atom. The molecule has 0 aliphatic rings. The Morgan fingerprint density at radius 2 is 1.65 bits per heavy atom. The fourth-order valence-corrected chi connectivity index (χ4v) is 2.83. The minimum absolute atomic E-state index is 0.331. The Morgan fingerprint density at radius 1 is 1.00 bits per heavy atom. The molecule has 1 unspecified atom stereocenters. The molecule has 0 saturated carbocycles. The lowest BCUT2D eigenvalue weighted by Gasteiger charge is -2.26. The summed E-state index contributed by atoms with van der Waals surface area (Å²) in [5.41, 5.74) is 5.66. The molecule has 0 bridgehead atoms. The summed E-state index contributed by atoms with van der Waals surface area (Å²) in [6.45, 7) is 11.2. The minimum atomic E-state index is 0.331. The Kier molecular flexibility index (Phi) is 11.8. The van der Waals surface area contributed by atoms with Gasteiger partial charge in [0.2, 0.25) is 5.91 Å². The number of nitrogens with zero attached hydrogens (tertiary/aromatic N) is 1. The first kappa shape index (κ1) is 19.4. The van der Waals surface area contributed by atoms with Crippen LogP contribution in [-0.2, 0) is 4.79 Å². The van der Waals surface area contributed by atoms with Crippen molar-refractivity contribution in [3.8, 4) is 0 Å². The largest absolute Gasteiger partial charge is 0.343 e. The molecule has 3 nitrogen and oxygen atoms in total. The maximum Gasteiger partial charge on any atom is 0.222 e. The van der Waals surface area contributed by atoms with Crippen LogP contribution in [0.25, 0.3) is 0 Å². The van der Waals surface area contributed by atoms with Gasteiger partial charge in [0.15, 0.2) is 0 Å². The predicted molar refractivity (Wildman–Crippen MR) is 87.6 cm³/mol. The molecule has 3 heteroatoms. The maximum atomic E-state index is 12.3. The summed E-state index contributed by atoms with van der Waals surface area (Å²) in [6.07, 6.45) is 7.45. The van der Waals surface area contributed by atoms with Crippen molar-refractivity contribution < 1.29 is 4.79 Å². The van der Waals surface area contributed by atoms with E-state index in [1.54, 1.807) is 0 Å². The van der Waals surface area contributed by atoms with Crippen molar-refractivity contribution in [1.29, 1.82) is 0 Å². The van der Waals surface area contributed by atoms with E-state index >= 15 is 0 Å². The average Bonchev–Trinajstić information content (AvgIpc) is 2.46. The summed E-state index contributed by atoms with van der Waals surface area (Å²) < 4.78 is 0. The molecule has 20 heavy (non-hydrogen) atoms. The number of hydrogen-bond acceptors (Lipinski definition) is 2. The molecule has 0 fully saturated rings. The Labute approximate surface area is 126 Å². The van der Waals surface area contributed by atoms with Crippen molar-refractivity contribution in [1.82, 2.24) is 4.90 Å². The number of nitrogens with two attached hydrogens (primary N) is 1. The normalized spacial score (nSPS) is 12.7. The third kappa shape index (κ3) is 7.88. The molecule has 1 atom stereocenters. The molecule has 0 saturated heterocycles. The van der Waals surface area contributed by atoms with E-state index in [0.717, 1.165) is 45.3 Å². The molecule has 120 valence electrons. The fourth-order valence-electron chi connectivity index (χ4n) is 2.83. The number of hydrogen-bond donors (Lipinski definition) is 1. The van der Waals surface area contributed by atoms with Gasteiger partial charge in [-0.25, -0.2) is 0 Å². The fraction of sp³-hybridized carbons (Fsp3) is 0.941. The van der Waals surface area contributed by atoms with Crippen LogP contribution < -0.4 is 5.73 Å². The van der Waals surface area contributed by atoms with Crippen LogP contribution in [0.4, 0.5) is 0 Å². The highest BCUT2D eigenvalue weighted by Gasteiger charge is 2.17. The monoisotopic (exact) mass is 284 g/mol. The first-order chi connectivity index (χ1) is 9.62. The van der Waals surface area contributed by atoms with Crippen LogP contribution in [0, 0.1) is 11.8 Å². The zero-order valence-corrected chi connectivity index (χ0v) is 14.2. The highest BCUT2D eigenvalue weighted by atomic mass is 16.2. The first-order valence-corrected chi connectivity index (χ1v) is 8.60. The highest BCUT2D eigenvalue weighted by Crippen LogP contribution is 2.18. The lowest BCUT2D eigenvalue weighted by molar-refractivity contribution is -0.132. The summed E-state index contributed by atoms with van der Waals surface area (Å²) in [7, 11) is 0. The maximum absolute atomic E-state index is 12.3. The van der Waals surface area contributed by atoms with Crippen molar-refractivity contribution in [2.45, 2.75) is 72.6 Å². The molecule has 0 aromatic rings. The SMILES string of the molecule is CCCC(CCN)CCC(=O)N(CC)CC(CC)CC. The van der Waals surface area contributed by atoms with Crippen molar-refractivity contribution in [2.24, 2.45) is 17.6 Å². The minimum Gasteiger partial charge on any atom is -0.343 e. The number of carbonyl (C=O) groups is 1. The van der Waals surface area contributed by atoms with Crippen molar-refractivity contribution >= 4 is 5.91 Å². The second kappa shape index (κ2) is 12.2. The average molecular weight is 284 g/mol. The Bertz CT molecular complexity index is 233. The van der Waals surface area contributed by atoms with E-state index in [4.69, 9.17) is 5.73 Å². The smallest absolute Gasteiger partial charge is 0.222 e. The number of amides is 1. The second-order valence-corrected chi connectivity index (χ2v) is 5.89. The van der Waals surface area contributed by atoms with Gasteiger partial charge in [0.05, 0.1) is 0 Å². The molecular formula is C17H36N2O. The molecule has 0 aromatic carbocycles. The molecule has 2 N–H and O–H groups in total. The Balaban J connectivity index is 4.25. The predicted octanol–water partition coefficient (Wildman–Crippen LogP) is 3.82. The molecular weight excluding hydrogens is 248 g/mol. The van der Waals surface area contributed by atoms with E-state index in [1.165, 1.54) is 12.8 Å². The van der Waals surface area contributed by atoms with Gasteiger partial charge < -0.3 is 10.6 Å². The van der Waals surface area contributed by atoms with Gasteiger partial charge in [-0.05, 0) is 38.1 Å². The van der Waals surface area contributed by atoms with E-state index in [1.807, 2.05) is 4.90 Å².